The maximum absolute atomic E-state index is 13.4. The highest BCUT2D eigenvalue weighted by molar-refractivity contribution is 6.07. The zero-order valence-electron chi connectivity index (χ0n) is 17.1. The van der Waals surface area contributed by atoms with Crippen LogP contribution in [0.2, 0.25) is 0 Å². The van der Waals surface area contributed by atoms with E-state index in [1.165, 1.54) is 4.90 Å². The van der Waals surface area contributed by atoms with Gasteiger partial charge < -0.3 is 14.5 Å². The number of carbonyl (C=O) groups excluding carboxylic acids is 2. The van der Waals surface area contributed by atoms with Crippen molar-refractivity contribution in [3.63, 3.8) is 0 Å². The molecule has 2 saturated heterocycles. The Bertz CT molecular complexity index is 674. The van der Waals surface area contributed by atoms with Gasteiger partial charge in [-0.25, -0.2) is 9.78 Å². The van der Waals surface area contributed by atoms with E-state index in [1.807, 2.05) is 4.90 Å². The summed E-state index contributed by atoms with van der Waals surface area (Å²) in [5.74, 6) is 1.09. The molecule has 154 valence electrons. The third-order valence-corrected chi connectivity index (χ3v) is 5.61. The lowest BCUT2D eigenvalue weighted by molar-refractivity contribution is -0.134. The van der Waals surface area contributed by atoms with Gasteiger partial charge in [-0.3, -0.25) is 14.7 Å². The number of nitrogens with zero attached hydrogens (tertiary/aromatic N) is 5. The van der Waals surface area contributed by atoms with Gasteiger partial charge in [-0.2, -0.15) is 0 Å². The van der Waals surface area contributed by atoms with Gasteiger partial charge in [0.25, 0.3) is 5.91 Å². The van der Waals surface area contributed by atoms with Crippen LogP contribution in [0.3, 0.4) is 0 Å². The molecule has 2 aliphatic heterocycles. The topological polar surface area (TPSA) is 78.9 Å². The largest absolute Gasteiger partial charge is 0.385 e. The van der Waals surface area contributed by atoms with Crippen LogP contribution < -0.4 is 4.90 Å². The number of rotatable bonds is 8. The Morgan fingerprint density at radius 3 is 2.54 bits per heavy atom. The molecule has 1 spiro atoms. The Balaban J connectivity index is 1.75. The number of carbonyl (C=O) groups is 2. The summed E-state index contributed by atoms with van der Waals surface area (Å²) in [6, 6.07) is -0.135. The maximum atomic E-state index is 13.4. The number of piperidine rings is 1. The van der Waals surface area contributed by atoms with Gasteiger partial charge in [-0.15, -0.1) is 0 Å². The van der Waals surface area contributed by atoms with Gasteiger partial charge >= 0.3 is 6.03 Å². The summed E-state index contributed by atoms with van der Waals surface area (Å²) in [7, 11) is 1.66. The zero-order chi connectivity index (χ0) is 20.1. The molecule has 3 amide bonds. The molecule has 0 aliphatic carbocycles. The third-order valence-electron chi connectivity index (χ3n) is 5.61. The van der Waals surface area contributed by atoms with Crippen molar-refractivity contribution in [1.29, 1.82) is 0 Å². The predicted octanol–water partition coefficient (Wildman–Crippen LogP) is 2.16. The van der Waals surface area contributed by atoms with Crippen LogP contribution in [0, 0.1) is 5.92 Å². The van der Waals surface area contributed by atoms with Crippen LogP contribution in [0.15, 0.2) is 18.6 Å². The average molecular weight is 390 g/mol. The minimum absolute atomic E-state index is 0.0330. The van der Waals surface area contributed by atoms with Gasteiger partial charge in [-0.1, -0.05) is 13.8 Å². The van der Waals surface area contributed by atoms with Crippen LogP contribution in [0.25, 0.3) is 0 Å². The Morgan fingerprint density at radius 1 is 1.18 bits per heavy atom. The van der Waals surface area contributed by atoms with Crippen LogP contribution in [-0.4, -0.2) is 77.1 Å². The van der Waals surface area contributed by atoms with Crippen LogP contribution in [0.1, 0.15) is 39.5 Å². The molecule has 3 rings (SSSR count). The van der Waals surface area contributed by atoms with Crippen LogP contribution >= 0.6 is 0 Å². The lowest BCUT2D eigenvalue weighted by Crippen LogP contribution is -2.57. The highest BCUT2D eigenvalue weighted by Gasteiger charge is 2.57. The van der Waals surface area contributed by atoms with Gasteiger partial charge in [0.1, 0.15) is 11.4 Å². The first-order valence-corrected chi connectivity index (χ1v) is 10.1. The molecule has 2 aliphatic rings. The van der Waals surface area contributed by atoms with Gasteiger partial charge in [0, 0.05) is 52.3 Å². The lowest BCUT2D eigenvalue weighted by Gasteiger charge is -2.43. The zero-order valence-corrected chi connectivity index (χ0v) is 17.1. The van der Waals surface area contributed by atoms with Crippen molar-refractivity contribution in [2.45, 2.75) is 45.1 Å². The van der Waals surface area contributed by atoms with Crippen molar-refractivity contribution in [3.8, 4) is 0 Å². The molecular formula is C20H31N5O3. The quantitative estimate of drug-likeness (QED) is 0.501. The van der Waals surface area contributed by atoms with E-state index in [4.69, 9.17) is 4.74 Å². The van der Waals surface area contributed by atoms with Crippen molar-refractivity contribution in [1.82, 2.24) is 19.8 Å². The minimum Gasteiger partial charge on any atom is -0.385 e. The fraction of sp³-hybridized carbons (Fsp3) is 0.700. The van der Waals surface area contributed by atoms with Crippen LogP contribution in [0.4, 0.5) is 10.6 Å². The molecule has 0 atom stereocenters. The molecule has 0 saturated carbocycles. The van der Waals surface area contributed by atoms with Crippen molar-refractivity contribution in [3.05, 3.63) is 18.6 Å². The van der Waals surface area contributed by atoms with E-state index in [-0.39, 0.29) is 11.9 Å². The van der Waals surface area contributed by atoms with E-state index in [0.29, 0.717) is 51.5 Å². The van der Waals surface area contributed by atoms with Crippen molar-refractivity contribution < 1.29 is 14.3 Å². The molecule has 0 bridgehead atoms. The standard InChI is InChI=1S/C20H31N5O3/c1-16(2)15-25-19(27)24(10-4-5-13-28-3)18(26)20(25)6-11-23(12-7-20)17-14-21-8-9-22-17/h8-9,14,16H,4-7,10-13,15H2,1-3H3. The SMILES string of the molecule is COCCCCN1C(=O)N(CC(C)C)C2(CCN(c3cnccn3)CC2)C1=O. The van der Waals surface area contributed by atoms with Gasteiger partial charge in [0.15, 0.2) is 0 Å². The van der Waals surface area contributed by atoms with E-state index in [0.717, 1.165) is 18.7 Å². The average Bonchev–Trinajstić information content (AvgIpc) is 2.88. The van der Waals surface area contributed by atoms with Crippen molar-refractivity contribution in [2.24, 2.45) is 5.92 Å². The molecule has 0 radical (unpaired) electrons. The number of urea groups is 1. The second-order valence-electron chi connectivity index (χ2n) is 8.03. The number of anilines is 1. The number of unbranched alkanes of at least 4 members (excludes halogenated alkanes) is 1. The van der Waals surface area contributed by atoms with Gasteiger partial charge in [0.05, 0.1) is 6.20 Å². The second-order valence-corrected chi connectivity index (χ2v) is 8.03. The summed E-state index contributed by atoms with van der Waals surface area (Å²) in [5.41, 5.74) is -0.721. The Kier molecular flexibility index (Phi) is 6.49. The molecule has 0 N–H and O–H groups in total. The number of imide groups is 1. The first-order chi connectivity index (χ1) is 13.5. The molecular weight excluding hydrogens is 358 g/mol. The fourth-order valence-corrected chi connectivity index (χ4v) is 4.16. The summed E-state index contributed by atoms with van der Waals surface area (Å²) in [4.78, 5) is 40.4. The van der Waals surface area contributed by atoms with E-state index in [9.17, 15) is 9.59 Å². The first kappa shape index (κ1) is 20.5. The summed E-state index contributed by atoms with van der Waals surface area (Å²) >= 11 is 0. The van der Waals surface area contributed by atoms with E-state index < -0.39 is 5.54 Å². The smallest absolute Gasteiger partial charge is 0.327 e. The molecule has 28 heavy (non-hydrogen) atoms. The van der Waals surface area contributed by atoms with Crippen molar-refractivity contribution in [2.75, 3.05) is 44.8 Å². The monoisotopic (exact) mass is 389 g/mol. The predicted molar refractivity (Wildman–Crippen MR) is 106 cm³/mol. The number of methoxy groups -OCH3 is 1. The molecule has 8 nitrogen and oxygen atoms in total. The van der Waals surface area contributed by atoms with E-state index in [1.54, 1.807) is 25.7 Å². The van der Waals surface area contributed by atoms with Gasteiger partial charge in [-0.05, 0) is 31.6 Å². The summed E-state index contributed by atoms with van der Waals surface area (Å²) in [6.45, 7) is 7.25. The van der Waals surface area contributed by atoms with Crippen LogP contribution in [-0.2, 0) is 9.53 Å². The van der Waals surface area contributed by atoms with Crippen LogP contribution in [0.5, 0.6) is 0 Å². The maximum Gasteiger partial charge on any atom is 0.327 e. The molecule has 2 fully saturated rings. The summed E-state index contributed by atoms with van der Waals surface area (Å²) < 4.78 is 5.08. The van der Waals surface area contributed by atoms with Crippen molar-refractivity contribution >= 4 is 17.8 Å². The molecule has 8 heteroatoms. The third kappa shape index (κ3) is 3.97. The number of amides is 3. The number of aromatic nitrogens is 2. The number of ether oxygens (including phenoxy) is 1. The summed E-state index contributed by atoms with van der Waals surface area (Å²) in [5, 5.41) is 0. The fourth-order valence-electron chi connectivity index (χ4n) is 4.16. The normalized spacial score (nSPS) is 19.4. The van der Waals surface area contributed by atoms with E-state index >= 15 is 0 Å². The highest BCUT2D eigenvalue weighted by atomic mass is 16.5. The number of hydrogen-bond donors (Lipinski definition) is 0. The molecule has 1 aromatic rings. The Hall–Kier alpha value is -2.22. The molecule has 0 unspecified atom stereocenters. The summed E-state index contributed by atoms with van der Waals surface area (Å²) in [6.07, 6.45) is 7.92. The van der Waals surface area contributed by atoms with Gasteiger partial charge in [0.2, 0.25) is 0 Å². The first-order valence-electron chi connectivity index (χ1n) is 10.1. The lowest BCUT2D eigenvalue weighted by atomic mass is 9.85. The van der Waals surface area contributed by atoms with E-state index in [2.05, 4.69) is 28.7 Å². The Morgan fingerprint density at radius 2 is 1.93 bits per heavy atom. The minimum atomic E-state index is -0.721. The molecule has 3 heterocycles. The highest BCUT2D eigenvalue weighted by Crippen LogP contribution is 2.38. The number of hydrogen-bond acceptors (Lipinski definition) is 6. The molecule has 1 aromatic heterocycles. The Labute approximate surface area is 166 Å². The molecule has 0 aromatic carbocycles. The second kappa shape index (κ2) is 8.86.